The average Bonchev–Trinajstić information content (AvgIpc) is 2.59. The van der Waals surface area contributed by atoms with E-state index in [0.29, 0.717) is 10.0 Å². The minimum absolute atomic E-state index is 0.00408. The fourth-order valence-corrected chi connectivity index (χ4v) is 4.10. The fraction of sp³-hybridized carbons (Fsp3) is 0.0909. The molecule has 96 valence electrons. The molecule has 0 spiro atoms. The van der Waals surface area contributed by atoms with E-state index in [4.69, 9.17) is 11.6 Å². The Hall–Kier alpha value is -1.24. The van der Waals surface area contributed by atoms with Crippen LogP contribution in [0.2, 0.25) is 4.34 Å². The van der Waals surface area contributed by atoms with Crippen LogP contribution in [0.3, 0.4) is 0 Å². The van der Waals surface area contributed by atoms with Gasteiger partial charge in [0.15, 0.2) is 0 Å². The maximum absolute atomic E-state index is 12.0. The second-order valence-corrected chi connectivity index (χ2v) is 7.24. The summed E-state index contributed by atoms with van der Waals surface area (Å²) in [5.41, 5.74) is 1.02. The van der Waals surface area contributed by atoms with Crippen molar-refractivity contribution in [2.45, 2.75) is 11.1 Å². The van der Waals surface area contributed by atoms with Crippen LogP contribution in [0.5, 0.6) is 5.75 Å². The molecule has 18 heavy (non-hydrogen) atoms. The zero-order chi connectivity index (χ0) is 13.3. The number of halogens is 1. The Morgan fingerprint density at radius 3 is 2.61 bits per heavy atom. The van der Waals surface area contributed by atoms with Gasteiger partial charge in [-0.3, -0.25) is 4.72 Å². The molecule has 2 N–H and O–H groups in total. The first-order chi connectivity index (χ1) is 8.38. The number of phenolic OH excluding ortho intramolecular Hbond substituents is 1. The van der Waals surface area contributed by atoms with E-state index in [0.717, 1.165) is 16.9 Å². The molecule has 0 radical (unpaired) electrons. The zero-order valence-electron chi connectivity index (χ0n) is 9.34. The number of hydrogen-bond donors (Lipinski definition) is 2. The number of benzene rings is 1. The van der Waals surface area contributed by atoms with Crippen LogP contribution in [0, 0.1) is 6.92 Å². The van der Waals surface area contributed by atoms with Crippen molar-refractivity contribution >= 4 is 38.6 Å². The monoisotopic (exact) mass is 303 g/mol. The Balaban J connectivity index is 2.33. The summed E-state index contributed by atoms with van der Waals surface area (Å²) in [6.07, 6.45) is 0. The second kappa shape index (κ2) is 4.79. The van der Waals surface area contributed by atoms with Gasteiger partial charge < -0.3 is 5.11 Å². The van der Waals surface area contributed by atoms with Crippen molar-refractivity contribution in [2.24, 2.45) is 0 Å². The van der Waals surface area contributed by atoms with Gasteiger partial charge >= 0.3 is 0 Å². The maximum atomic E-state index is 12.0. The number of anilines is 1. The zero-order valence-corrected chi connectivity index (χ0v) is 11.7. The smallest absolute Gasteiger partial charge is 0.271 e. The van der Waals surface area contributed by atoms with Crippen molar-refractivity contribution in [3.05, 3.63) is 40.2 Å². The Morgan fingerprint density at radius 2 is 2.06 bits per heavy atom. The molecule has 4 nitrogen and oxygen atoms in total. The largest absolute Gasteiger partial charge is 0.508 e. The highest BCUT2D eigenvalue weighted by Crippen LogP contribution is 2.31. The predicted octanol–water partition coefficient (Wildman–Crippen LogP) is 3.22. The van der Waals surface area contributed by atoms with E-state index in [1.165, 1.54) is 18.2 Å². The third kappa shape index (κ3) is 2.77. The van der Waals surface area contributed by atoms with E-state index in [-0.39, 0.29) is 9.96 Å². The third-order valence-corrected chi connectivity index (χ3v) is 5.61. The van der Waals surface area contributed by atoms with Gasteiger partial charge in [-0.05, 0) is 30.7 Å². The SMILES string of the molecule is Cc1cc(S(=O)(=O)Nc2cccc(O)c2)sc1Cl. The summed E-state index contributed by atoms with van der Waals surface area (Å²) < 4.78 is 27.1. The van der Waals surface area contributed by atoms with Gasteiger partial charge in [0, 0.05) is 6.07 Å². The fourth-order valence-electron chi connectivity index (χ4n) is 1.34. The molecule has 0 bridgehead atoms. The van der Waals surface area contributed by atoms with Crippen molar-refractivity contribution in [1.29, 1.82) is 0 Å². The number of phenols is 1. The molecule has 2 rings (SSSR count). The van der Waals surface area contributed by atoms with Crippen LogP contribution in [0.25, 0.3) is 0 Å². The number of thiophene rings is 1. The summed E-state index contributed by atoms with van der Waals surface area (Å²) >= 11 is 6.85. The average molecular weight is 304 g/mol. The Kier molecular flexibility index (Phi) is 3.52. The van der Waals surface area contributed by atoms with Crippen molar-refractivity contribution in [3.8, 4) is 5.75 Å². The number of sulfonamides is 1. The van der Waals surface area contributed by atoms with Crippen LogP contribution < -0.4 is 4.72 Å². The van der Waals surface area contributed by atoms with Crippen LogP contribution in [0.4, 0.5) is 5.69 Å². The summed E-state index contributed by atoms with van der Waals surface area (Å²) in [6.45, 7) is 1.74. The summed E-state index contributed by atoms with van der Waals surface area (Å²) in [6, 6.07) is 7.42. The molecule has 0 amide bonds. The maximum Gasteiger partial charge on any atom is 0.271 e. The summed E-state index contributed by atoms with van der Waals surface area (Å²) in [4.78, 5) is 0. The number of hydrogen-bond acceptors (Lipinski definition) is 4. The van der Waals surface area contributed by atoms with E-state index >= 15 is 0 Å². The standard InChI is InChI=1S/C11H10ClNO3S2/c1-7-5-10(17-11(7)12)18(15,16)13-8-3-2-4-9(14)6-8/h2-6,13-14H,1H3. The topological polar surface area (TPSA) is 66.4 Å². The first-order valence-corrected chi connectivity index (χ1v) is 7.64. The molecule has 0 aliphatic rings. The number of aryl methyl sites for hydroxylation is 1. The predicted molar refractivity (Wildman–Crippen MR) is 73.0 cm³/mol. The van der Waals surface area contributed by atoms with E-state index in [1.54, 1.807) is 19.1 Å². The van der Waals surface area contributed by atoms with Crippen molar-refractivity contribution < 1.29 is 13.5 Å². The number of rotatable bonds is 3. The molecule has 1 aromatic carbocycles. The molecule has 0 saturated heterocycles. The minimum atomic E-state index is -3.66. The molecule has 0 aliphatic carbocycles. The lowest BCUT2D eigenvalue weighted by Gasteiger charge is -2.06. The van der Waals surface area contributed by atoms with Crippen LogP contribution in [0.1, 0.15) is 5.56 Å². The highest BCUT2D eigenvalue weighted by Gasteiger charge is 2.18. The molecule has 0 atom stereocenters. The van der Waals surface area contributed by atoms with Gasteiger partial charge in [0.1, 0.15) is 9.96 Å². The quantitative estimate of drug-likeness (QED) is 0.915. The molecule has 2 aromatic rings. The molecule has 0 unspecified atom stereocenters. The first-order valence-electron chi connectivity index (χ1n) is 4.96. The normalized spacial score (nSPS) is 11.4. The molecule has 0 saturated carbocycles. The third-order valence-electron chi connectivity index (χ3n) is 2.20. The lowest BCUT2D eigenvalue weighted by molar-refractivity contribution is 0.475. The molecule has 1 heterocycles. The van der Waals surface area contributed by atoms with Gasteiger partial charge in [-0.25, -0.2) is 8.42 Å². The van der Waals surface area contributed by atoms with E-state index < -0.39 is 10.0 Å². The first kappa shape index (κ1) is 13.2. The minimum Gasteiger partial charge on any atom is -0.508 e. The Labute approximate surface area is 114 Å². The van der Waals surface area contributed by atoms with Gasteiger partial charge in [0.25, 0.3) is 10.0 Å². The molecule has 0 aliphatic heterocycles. The number of nitrogens with one attached hydrogen (secondary N) is 1. The van der Waals surface area contributed by atoms with Crippen LogP contribution >= 0.6 is 22.9 Å². The van der Waals surface area contributed by atoms with E-state index in [9.17, 15) is 13.5 Å². The highest BCUT2D eigenvalue weighted by atomic mass is 35.5. The van der Waals surface area contributed by atoms with Crippen molar-refractivity contribution in [3.63, 3.8) is 0 Å². The van der Waals surface area contributed by atoms with Gasteiger partial charge in [-0.2, -0.15) is 0 Å². The summed E-state index contributed by atoms with van der Waals surface area (Å²) in [5, 5.41) is 9.28. The lowest BCUT2D eigenvalue weighted by Crippen LogP contribution is -2.11. The van der Waals surface area contributed by atoms with Crippen LogP contribution in [-0.2, 0) is 10.0 Å². The van der Waals surface area contributed by atoms with Gasteiger partial charge in [-0.15, -0.1) is 11.3 Å². The number of aromatic hydroxyl groups is 1. The van der Waals surface area contributed by atoms with Gasteiger partial charge in [0.05, 0.1) is 10.0 Å². The lowest BCUT2D eigenvalue weighted by atomic mass is 10.3. The Bertz CT molecular complexity index is 660. The highest BCUT2D eigenvalue weighted by molar-refractivity contribution is 7.94. The molecular formula is C11H10ClNO3S2. The summed E-state index contributed by atoms with van der Waals surface area (Å²) in [7, 11) is -3.66. The van der Waals surface area contributed by atoms with Gasteiger partial charge in [-0.1, -0.05) is 17.7 Å². The van der Waals surface area contributed by atoms with Crippen molar-refractivity contribution in [2.75, 3.05) is 4.72 Å². The van der Waals surface area contributed by atoms with E-state index in [2.05, 4.69) is 4.72 Å². The van der Waals surface area contributed by atoms with E-state index in [1.807, 2.05) is 0 Å². The van der Waals surface area contributed by atoms with Gasteiger partial charge in [0.2, 0.25) is 0 Å². The summed E-state index contributed by atoms with van der Waals surface area (Å²) in [5.74, 6) is -0.00408. The van der Waals surface area contributed by atoms with Crippen LogP contribution in [-0.4, -0.2) is 13.5 Å². The molecule has 7 heteroatoms. The molecule has 0 fully saturated rings. The molecular weight excluding hydrogens is 294 g/mol. The molecule has 1 aromatic heterocycles. The van der Waals surface area contributed by atoms with Crippen molar-refractivity contribution in [1.82, 2.24) is 0 Å². The Morgan fingerprint density at radius 1 is 1.33 bits per heavy atom. The second-order valence-electron chi connectivity index (χ2n) is 3.68. The van der Waals surface area contributed by atoms with Crippen LogP contribution in [0.15, 0.2) is 34.5 Å².